The fraction of sp³-hybridized carbons (Fsp3) is 0.333. The van der Waals surface area contributed by atoms with Gasteiger partial charge in [0.15, 0.2) is 0 Å². The van der Waals surface area contributed by atoms with Crippen LogP contribution in [0, 0.1) is 0 Å². The van der Waals surface area contributed by atoms with Crippen LogP contribution in [0.4, 0.5) is 0 Å². The maximum Gasteiger partial charge on any atom is 0.0938 e. The zero-order valence-electron chi connectivity index (χ0n) is 6.87. The maximum absolute atomic E-state index is 9.52. The molecule has 3 N–H and O–H groups in total. The third-order valence-electron chi connectivity index (χ3n) is 1.71. The van der Waals surface area contributed by atoms with Gasteiger partial charge in [0, 0.05) is 11.1 Å². The molecule has 1 rings (SSSR count). The van der Waals surface area contributed by atoms with Crippen molar-refractivity contribution in [3.8, 4) is 0 Å². The summed E-state index contributed by atoms with van der Waals surface area (Å²) in [5.74, 6) is 0. The number of hydrogen-bond acceptors (Lipinski definition) is 2. The van der Waals surface area contributed by atoms with Gasteiger partial charge in [-0.25, -0.2) is 0 Å². The van der Waals surface area contributed by atoms with E-state index in [1.54, 1.807) is 31.2 Å². The van der Waals surface area contributed by atoms with E-state index in [9.17, 15) is 5.11 Å². The molecule has 3 heteroatoms. The van der Waals surface area contributed by atoms with Gasteiger partial charge in [-0.3, -0.25) is 0 Å². The van der Waals surface area contributed by atoms with E-state index in [-0.39, 0.29) is 6.04 Å². The Balaban J connectivity index is 2.82. The molecule has 0 aliphatic rings. The Morgan fingerprint density at radius 1 is 1.33 bits per heavy atom. The molecular formula is C9H12ClNO. The minimum atomic E-state index is -0.609. The number of rotatable bonds is 2. The maximum atomic E-state index is 9.52. The van der Waals surface area contributed by atoms with Crippen LogP contribution < -0.4 is 5.73 Å². The van der Waals surface area contributed by atoms with E-state index in [4.69, 9.17) is 17.3 Å². The molecule has 12 heavy (non-hydrogen) atoms. The molecule has 0 heterocycles. The molecule has 0 saturated heterocycles. The van der Waals surface area contributed by atoms with Gasteiger partial charge >= 0.3 is 0 Å². The Hall–Kier alpha value is -0.570. The summed E-state index contributed by atoms with van der Waals surface area (Å²) in [6.45, 7) is 1.76. The number of nitrogens with two attached hydrogens (primary N) is 1. The predicted molar refractivity (Wildman–Crippen MR) is 50.1 cm³/mol. The quantitative estimate of drug-likeness (QED) is 0.737. The second kappa shape index (κ2) is 3.90. The smallest absolute Gasteiger partial charge is 0.0938 e. The van der Waals surface area contributed by atoms with Crippen molar-refractivity contribution in [2.45, 2.75) is 19.1 Å². The molecule has 0 fully saturated rings. The van der Waals surface area contributed by atoms with E-state index in [0.717, 1.165) is 5.56 Å². The first kappa shape index (κ1) is 9.52. The highest BCUT2D eigenvalue weighted by molar-refractivity contribution is 6.30. The van der Waals surface area contributed by atoms with Gasteiger partial charge in [-0.05, 0) is 24.6 Å². The first-order chi connectivity index (χ1) is 5.61. The van der Waals surface area contributed by atoms with Crippen molar-refractivity contribution in [3.63, 3.8) is 0 Å². The Labute approximate surface area is 77.0 Å². The summed E-state index contributed by atoms with van der Waals surface area (Å²) in [4.78, 5) is 0. The molecule has 2 atom stereocenters. The zero-order chi connectivity index (χ0) is 9.14. The van der Waals surface area contributed by atoms with Crippen LogP contribution in [0.1, 0.15) is 18.6 Å². The highest BCUT2D eigenvalue weighted by Gasteiger charge is 2.11. The van der Waals surface area contributed by atoms with Crippen molar-refractivity contribution in [2.24, 2.45) is 5.73 Å². The summed E-state index contributed by atoms with van der Waals surface area (Å²) in [7, 11) is 0. The van der Waals surface area contributed by atoms with Crippen molar-refractivity contribution in [1.29, 1.82) is 0 Å². The third kappa shape index (κ3) is 2.21. The van der Waals surface area contributed by atoms with E-state index in [1.807, 2.05) is 0 Å². The molecule has 0 bridgehead atoms. The largest absolute Gasteiger partial charge is 0.387 e. The van der Waals surface area contributed by atoms with Gasteiger partial charge in [0.1, 0.15) is 0 Å². The SMILES string of the molecule is C[C@H](N)C(O)c1ccc(Cl)cc1. The molecular weight excluding hydrogens is 174 g/mol. The minimum absolute atomic E-state index is 0.258. The number of aliphatic hydroxyl groups is 1. The summed E-state index contributed by atoms with van der Waals surface area (Å²) in [6.07, 6.45) is -0.609. The fourth-order valence-corrected chi connectivity index (χ4v) is 1.09. The van der Waals surface area contributed by atoms with Gasteiger partial charge in [0.2, 0.25) is 0 Å². The van der Waals surface area contributed by atoms with Crippen LogP contribution in [0.5, 0.6) is 0 Å². The summed E-state index contributed by atoms with van der Waals surface area (Å²) >= 11 is 5.68. The number of benzene rings is 1. The Kier molecular flexibility index (Phi) is 3.09. The lowest BCUT2D eigenvalue weighted by Crippen LogP contribution is -2.24. The third-order valence-corrected chi connectivity index (χ3v) is 1.96. The lowest BCUT2D eigenvalue weighted by molar-refractivity contribution is 0.153. The standard InChI is InChI=1S/C9H12ClNO/c1-6(11)9(12)7-2-4-8(10)5-3-7/h2-6,9,12H,11H2,1H3/t6-,9?/m0/s1. The minimum Gasteiger partial charge on any atom is -0.387 e. The average molecular weight is 186 g/mol. The van der Waals surface area contributed by atoms with Crippen LogP contribution in [-0.4, -0.2) is 11.1 Å². The van der Waals surface area contributed by atoms with Crippen LogP contribution in [-0.2, 0) is 0 Å². The summed E-state index contributed by atoms with van der Waals surface area (Å²) in [5.41, 5.74) is 6.32. The summed E-state index contributed by atoms with van der Waals surface area (Å²) < 4.78 is 0. The topological polar surface area (TPSA) is 46.2 Å². The molecule has 0 aromatic heterocycles. The van der Waals surface area contributed by atoms with E-state index in [0.29, 0.717) is 5.02 Å². The molecule has 0 aliphatic heterocycles. The fourth-order valence-electron chi connectivity index (χ4n) is 0.964. The second-order valence-corrected chi connectivity index (χ2v) is 3.29. The van der Waals surface area contributed by atoms with Gasteiger partial charge in [-0.2, -0.15) is 0 Å². The summed E-state index contributed by atoms with van der Waals surface area (Å²) in [6, 6.07) is 6.77. The van der Waals surface area contributed by atoms with Crippen molar-refractivity contribution >= 4 is 11.6 Å². The molecule has 0 radical (unpaired) electrons. The van der Waals surface area contributed by atoms with Crippen LogP contribution >= 0.6 is 11.6 Å². The molecule has 0 saturated carbocycles. The number of aliphatic hydroxyl groups excluding tert-OH is 1. The van der Waals surface area contributed by atoms with Gasteiger partial charge in [-0.1, -0.05) is 23.7 Å². The molecule has 0 spiro atoms. The predicted octanol–water partition coefficient (Wildman–Crippen LogP) is 1.72. The molecule has 66 valence electrons. The van der Waals surface area contributed by atoms with Crippen LogP contribution in [0.15, 0.2) is 24.3 Å². The highest BCUT2D eigenvalue weighted by Crippen LogP contribution is 2.17. The lowest BCUT2D eigenvalue weighted by atomic mass is 10.0. The van der Waals surface area contributed by atoms with Crippen molar-refractivity contribution in [3.05, 3.63) is 34.9 Å². The lowest BCUT2D eigenvalue weighted by Gasteiger charge is -2.14. The number of hydrogen-bond donors (Lipinski definition) is 2. The van der Waals surface area contributed by atoms with Crippen LogP contribution in [0.25, 0.3) is 0 Å². The second-order valence-electron chi connectivity index (χ2n) is 2.86. The molecule has 1 unspecified atom stereocenters. The molecule has 1 aromatic rings. The van der Waals surface area contributed by atoms with E-state index < -0.39 is 6.10 Å². The van der Waals surface area contributed by atoms with Gasteiger partial charge in [0.05, 0.1) is 6.10 Å². The zero-order valence-corrected chi connectivity index (χ0v) is 7.62. The monoisotopic (exact) mass is 185 g/mol. The van der Waals surface area contributed by atoms with Crippen molar-refractivity contribution in [2.75, 3.05) is 0 Å². The molecule has 0 aliphatic carbocycles. The van der Waals surface area contributed by atoms with Crippen LogP contribution in [0.2, 0.25) is 5.02 Å². The van der Waals surface area contributed by atoms with E-state index in [1.165, 1.54) is 0 Å². The molecule has 0 amide bonds. The van der Waals surface area contributed by atoms with E-state index in [2.05, 4.69) is 0 Å². The summed E-state index contributed by atoms with van der Waals surface area (Å²) in [5, 5.41) is 10.2. The van der Waals surface area contributed by atoms with Crippen LogP contribution in [0.3, 0.4) is 0 Å². The van der Waals surface area contributed by atoms with Crippen molar-refractivity contribution in [1.82, 2.24) is 0 Å². The first-order valence-electron chi connectivity index (χ1n) is 3.80. The van der Waals surface area contributed by atoms with Gasteiger partial charge in [0.25, 0.3) is 0 Å². The van der Waals surface area contributed by atoms with Crippen molar-refractivity contribution < 1.29 is 5.11 Å². The van der Waals surface area contributed by atoms with Gasteiger partial charge < -0.3 is 10.8 Å². The normalized spacial score (nSPS) is 15.7. The van der Waals surface area contributed by atoms with E-state index >= 15 is 0 Å². The highest BCUT2D eigenvalue weighted by atomic mass is 35.5. The number of halogens is 1. The first-order valence-corrected chi connectivity index (χ1v) is 4.18. The molecule has 2 nitrogen and oxygen atoms in total. The Morgan fingerprint density at radius 3 is 2.25 bits per heavy atom. The Morgan fingerprint density at radius 2 is 1.83 bits per heavy atom. The van der Waals surface area contributed by atoms with Gasteiger partial charge in [-0.15, -0.1) is 0 Å². The average Bonchev–Trinajstić information content (AvgIpc) is 2.04. The molecule has 1 aromatic carbocycles. The Bertz CT molecular complexity index is 245.